The maximum atomic E-state index is 5.55. The summed E-state index contributed by atoms with van der Waals surface area (Å²) in [5.41, 5.74) is 5.82. The summed E-state index contributed by atoms with van der Waals surface area (Å²) in [6, 6.07) is 4.32. The lowest BCUT2D eigenvalue weighted by Gasteiger charge is -2.41. The number of ether oxygens (including phenoxy) is 1. The summed E-state index contributed by atoms with van der Waals surface area (Å²) in [6.07, 6.45) is 2.23. The summed E-state index contributed by atoms with van der Waals surface area (Å²) < 4.78 is 6.55. The molecule has 1 saturated heterocycles. The van der Waals surface area contributed by atoms with Crippen LogP contribution in [-0.2, 0) is 10.2 Å². The lowest BCUT2D eigenvalue weighted by atomic mass is 9.80. The monoisotopic (exact) mass is 275 g/mol. The lowest BCUT2D eigenvalue weighted by Crippen LogP contribution is -2.46. The second-order valence-corrected chi connectivity index (χ2v) is 6.23. The highest BCUT2D eigenvalue weighted by atomic mass is 79.9. The summed E-state index contributed by atoms with van der Waals surface area (Å²) >= 11 is 5.32. The van der Waals surface area contributed by atoms with Crippen LogP contribution < -0.4 is 5.73 Å². The summed E-state index contributed by atoms with van der Waals surface area (Å²) in [7, 11) is 0. The van der Waals surface area contributed by atoms with Crippen molar-refractivity contribution in [1.82, 2.24) is 0 Å². The third-order valence-electron chi connectivity index (χ3n) is 2.71. The normalized spacial score (nSPS) is 19.3. The first-order valence-corrected chi connectivity index (χ1v) is 6.41. The fourth-order valence-corrected chi connectivity index (χ4v) is 3.37. The van der Waals surface area contributed by atoms with Crippen molar-refractivity contribution in [2.24, 2.45) is 5.73 Å². The minimum Gasteiger partial charge on any atom is -0.379 e. The Kier molecular flexibility index (Phi) is 3.27. The molecule has 2 heterocycles. The summed E-state index contributed by atoms with van der Waals surface area (Å²) in [4.78, 5) is 1.43. The Balaban J connectivity index is 2.11. The number of thiophene rings is 1. The van der Waals surface area contributed by atoms with Crippen LogP contribution in [0.3, 0.4) is 0 Å². The van der Waals surface area contributed by atoms with Gasteiger partial charge < -0.3 is 10.5 Å². The molecule has 4 heteroatoms. The Labute approximate surface area is 96.6 Å². The number of hydrogen-bond acceptors (Lipinski definition) is 3. The zero-order chi connectivity index (χ0) is 10.0. The average molecular weight is 276 g/mol. The van der Waals surface area contributed by atoms with E-state index in [0.717, 1.165) is 32.6 Å². The molecule has 0 saturated carbocycles. The van der Waals surface area contributed by atoms with Crippen LogP contribution in [0.25, 0.3) is 0 Å². The molecular weight excluding hydrogens is 262 g/mol. The van der Waals surface area contributed by atoms with E-state index in [2.05, 4.69) is 28.1 Å². The average Bonchev–Trinajstić information content (AvgIpc) is 2.51. The fraction of sp³-hybridized carbons (Fsp3) is 0.600. The van der Waals surface area contributed by atoms with Crippen molar-refractivity contribution in [2.45, 2.75) is 18.3 Å². The molecule has 0 atom stereocenters. The number of hydrogen-bond donors (Lipinski definition) is 1. The zero-order valence-electron chi connectivity index (χ0n) is 7.96. The van der Waals surface area contributed by atoms with Crippen molar-refractivity contribution >= 4 is 27.3 Å². The van der Waals surface area contributed by atoms with Gasteiger partial charge in [0.1, 0.15) is 0 Å². The summed E-state index contributed by atoms with van der Waals surface area (Å²) in [5, 5.41) is 0. The topological polar surface area (TPSA) is 35.2 Å². The molecule has 2 N–H and O–H groups in total. The van der Waals surface area contributed by atoms with E-state index < -0.39 is 0 Å². The molecule has 1 aliphatic heterocycles. The number of rotatable bonds is 4. The van der Waals surface area contributed by atoms with E-state index in [9.17, 15) is 0 Å². The number of halogens is 1. The Morgan fingerprint density at radius 2 is 2.29 bits per heavy atom. The molecule has 1 fully saturated rings. The summed E-state index contributed by atoms with van der Waals surface area (Å²) in [6.45, 7) is 2.49. The van der Waals surface area contributed by atoms with Gasteiger partial charge in [0, 0.05) is 4.88 Å². The second kappa shape index (κ2) is 4.31. The predicted octanol–water partition coefficient (Wildman–Crippen LogP) is 2.52. The molecule has 2 rings (SSSR count). The van der Waals surface area contributed by atoms with Crippen molar-refractivity contribution < 1.29 is 4.74 Å². The van der Waals surface area contributed by atoms with Crippen LogP contribution in [0.15, 0.2) is 15.9 Å². The van der Waals surface area contributed by atoms with Crippen LogP contribution in [-0.4, -0.2) is 19.8 Å². The molecule has 1 aromatic rings. The molecule has 2 nitrogen and oxygen atoms in total. The van der Waals surface area contributed by atoms with Gasteiger partial charge in [-0.3, -0.25) is 0 Å². The van der Waals surface area contributed by atoms with Gasteiger partial charge in [-0.25, -0.2) is 0 Å². The molecule has 1 aromatic heterocycles. The van der Waals surface area contributed by atoms with Crippen molar-refractivity contribution in [1.29, 1.82) is 0 Å². The maximum Gasteiger partial charge on any atom is 0.0701 e. The lowest BCUT2D eigenvalue weighted by molar-refractivity contribution is -0.0630. The molecule has 0 spiro atoms. The first-order chi connectivity index (χ1) is 6.77. The highest BCUT2D eigenvalue weighted by Crippen LogP contribution is 2.41. The van der Waals surface area contributed by atoms with Gasteiger partial charge in [0.25, 0.3) is 0 Å². The molecule has 78 valence electrons. The molecule has 0 bridgehead atoms. The van der Waals surface area contributed by atoms with Crippen LogP contribution in [0.1, 0.15) is 17.7 Å². The van der Waals surface area contributed by atoms with Gasteiger partial charge in [0.15, 0.2) is 0 Å². The largest absolute Gasteiger partial charge is 0.379 e. The molecule has 0 unspecified atom stereocenters. The van der Waals surface area contributed by atoms with E-state index in [1.807, 2.05) is 11.3 Å². The van der Waals surface area contributed by atoms with Gasteiger partial charge in [-0.2, -0.15) is 0 Å². The maximum absolute atomic E-state index is 5.55. The second-order valence-electron chi connectivity index (χ2n) is 3.77. The van der Waals surface area contributed by atoms with E-state index in [4.69, 9.17) is 10.5 Å². The third kappa shape index (κ3) is 1.89. The van der Waals surface area contributed by atoms with Crippen LogP contribution in [0.4, 0.5) is 0 Å². The van der Waals surface area contributed by atoms with Crippen molar-refractivity contribution in [3.63, 3.8) is 0 Å². The Morgan fingerprint density at radius 3 is 2.71 bits per heavy atom. The molecule has 14 heavy (non-hydrogen) atoms. The van der Waals surface area contributed by atoms with Crippen molar-refractivity contribution in [3.05, 3.63) is 20.8 Å². The third-order valence-corrected chi connectivity index (χ3v) is 4.58. The first kappa shape index (κ1) is 10.6. The predicted molar refractivity (Wildman–Crippen MR) is 62.8 cm³/mol. The highest BCUT2D eigenvalue weighted by molar-refractivity contribution is 9.11. The molecule has 1 aliphatic rings. The molecule has 0 radical (unpaired) electrons. The van der Waals surface area contributed by atoms with Gasteiger partial charge in [-0.15, -0.1) is 11.3 Å². The van der Waals surface area contributed by atoms with Gasteiger partial charge in [-0.05, 0) is 47.4 Å². The Hall–Kier alpha value is 0.1000. The Bertz CT molecular complexity index is 309. The standard InChI is InChI=1S/C10H14BrNOS/c11-9-3-2-8(14-9)10(4-1-5-12)6-13-7-10/h2-3H,1,4-7,12H2. The molecule has 0 aromatic carbocycles. The van der Waals surface area contributed by atoms with E-state index in [-0.39, 0.29) is 5.41 Å². The molecular formula is C10H14BrNOS. The van der Waals surface area contributed by atoms with Crippen molar-refractivity contribution in [3.8, 4) is 0 Å². The minimum absolute atomic E-state index is 0.274. The van der Waals surface area contributed by atoms with E-state index >= 15 is 0 Å². The quantitative estimate of drug-likeness (QED) is 0.917. The molecule has 0 amide bonds. The number of nitrogens with two attached hydrogens (primary N) is 1. The van der Waals surface area contributed by atoms with Crippen LogP contribution >= 0.6 is 27.3 Å². The SMILES string of the molecule is NCCCC1(c2ccc(Br)s2)COC1. The Morgan fingerprint density at radius 1 is 1.50 bits per heavy atom. The van der Waals surface area contributed by atoms with Gasteiger partial charge in [0.05, 0.1) is 22.4 Å². The zero-order valence-corrected chi connectivity index (χ0v) is 10.4. The highest BCUT2D eigenvalue weighted by Gasteiger charge is 2.40. The van der Waals surface area contributed by atoms with Crippen LogP contribution in [0.2, 0.25) is 0 Å². The van der Waals surface area contributed by atoms with E-state index in [1.54, 1.807) is 0 Å². The fourth-order valence-electron chi connectivity index (χ4n) is 1.80. The first-order valence-electron chi connectivity index (χ1n) is 4.80. The summed E-state index contributed by atoms with van der Waals surface area (Å²) in [5.74, 6) is 0. The van der Waals surface area contributed by atoms with E-state index in [1.165, 1.54) is 8.66 Å². The van der Waals surface area contributed by atoms with Crippen LogP contribution in [0.5, 0.6) is 0 Å². The smallest absolute Gasteiger partial charge is 0.0701 e. The van der Waals surface area contributed by atoms with Gasteiger partial charge in [-0.1, -0.05) is 0 Å². The van der Waals surface area contributed by atoms with Gasteiger partial charge in [0.2, 0.25) is 0 Å². The van der Waals surface area contributed by atoms with Crippen LogP contribution in [0, 0.1) is 0 Å². The van der Waals surface area contributed by atoms with E-state index in [0.29, 0.717) is 0 Å². The van der Waals surface area contributed by atoms with Gasteiger partial charge >= 0.3 is 0 Å². The molecule has 0 aliphatic carbocycles. The van der Waals surface area contributed by atoms with Crippen molar-refractivity contribution in [2.75, 3.05) is 19.8 Å². The minimum atomic E-state index is 0.274.